The number of amides is 1. The zero-order chi connectivity index (χ0) is 18.7. The summed E-state index contributed by atoms with van der Waals surface area (Å²) in [6, 6.07) is 6.97. The van der Waals surface area contributed by atoms with Gasteiger partial charge in [-0.05, 0) is 30.7 Å². The molecule has 0 bridgehead atoms. The van der Waals surface area contributed by atoms with Crippen molar-refractivity contribution in [2.24, 2.45) is 5.92 Å². The van der Waals surface area contributed by atoms with Crippen LogP contribution in [0.5, 0.6) is 0 Å². The second kappa shape index (κ2) is 7.13. The largest absolute Gasteiger partial charge is 0.348 e. The predicted molar refractivity (Wildman–Crippen MR) is 91.9 cm³/mol. The number of benzene rings is 1. The number of nitriles is 1. The summed E-state index contributed by atoms with van der Waals surface area (Å²) in [5.41, 5.74) is 0.766. The number of nitrogens with one attached hydrogen (secondary N) is 3. The molecule has 2 aromatic rings. The molecule has 2 unspecified atom stereocenters. The van der Waals surface area contributed by atoms with Gasteiger partial charge in [0.25, 0.3) is 5.91 Å². The molecule has 2 heterocycles. The summed E-state index contributed by atoms with van der Waals surface area (Å²) in [5.74, 6) is -1.67. The average molecular weight is 377 g/mol. The van der Waals surface area contributed by atoms with Crippen molar-refractivity contribution in [2.45, 2.75) is 12.5 Å². The van der Waals surface area contributed by atoms with Crippen LogP contribution < -0.4 is 10.6 Å². The van der Waals surface area contributed by atoms with Crippen LogP contribution in [0, 0.1) is 23.1 Å². The molecular weight excluding hydrogens is 361 g/mol. The number of H-pyrrole nitrogens is 1. The number of hydrogen-bond donors (Lipinski definition) is 3. The van der Waals surface area contributed by atoms with Crippen LogP contribution in [0.15, 0.2) is 30.5 Å². The van der Waals surface area contributed by atoms with Crippen LogP contribution in [0.4, 0.5) is 15.9 Å². The molecule has 1 aromatic heterocycles. The van der Waals surface area contributed by atoms with E-state index in [0.29, 0.717) is 11.5 Å². The third-order valence-corrected chi connectivity index (χ3v) is 5.86. The van der Waals surface area contributed by atoms with Crippen molar-refractivity contribution in [2.75, 3.05) is 16.8 Å². The second-order valence-corrected chi connectivity index (χ2v) is 8.24. The average Bonchev–Trinajstić information content (AvgIpc) is 3.06. The van der Waals surface area contributed by atoms with Crippen LogP contribution in [0.25, 0.3) is 0 Å². The lowest BCUT2D eigenvalue weighted by atomic mass is 10.00. The molecule has 8 nitrogen and oxygen atoms in total. The lowest BCUT2D eigenvalue weighted by Crippen LogP contribution is -2.47. The number of sulfone groups is 1. The lowest BCUT2D eigenvalue weighted by Gasteiger charge is -2.27. The van der Waals surface area contributed by atoms with E-state index < -0.39 is 27.7 Å². The van der Waals surface area contributed by atoms with Crippen molar-refractivity contribution in [3.8, 4) is 6.07 Å². The number of aromatic nitrogens is 2. The summed E-state index contributed by atoms with van der Waals surface area (Å²) in [4.78, 5) is 12.5. The van der Waals surface area contributed by atoms with E-state index in [2.05, 4.69) is 20.8 Å². The van der Waals surface area contributed by atoms with Crippen molar-refractivity contribution in [3.05, 3.63) is 41.8 Å². The number of hydrogen-bond acceptors (Lipinski definition) is 6. The van der Waals surface area contributed by atoms with E-state index in [1.54, 1.807) is 0 Å². The molecule has 0 radical (unpaired) electrons. The predicted octanol–water partition coefficient (Wildman–Crippen LogP) is 1.35. The van der Waals surface area contributed by atoms with Gasteiger partial charge in [0.2, 0.25) is 0 Å². The van der Waals surface area contributed by atoms with Crippen LogP contribution in [0.2, 0.25) is 0 Å². The number of aromatic amines is 1. The van der Waals surface area contributed by atoms with Gasteiger partial charge in [-0.2, -0.15) is 10.4 Å². The maximum atomic E-state index is 13.0. The fraction of sp³-hybridized carbons (Fsp3) is 0.312. The molecule has 3 rings (SSSR count). The Hall–Kier alpha value is -2.93. The van der Waals surface area contributed by atoms with Gasteiger partial charge in [-0.15, -0.1) is 0 Å². The smallest absolute Gasteiger partial charge is 0.256 e. The molecule has 1 aliphatic rings. The Morgan fingerprint density at radius 2 is 2.08 bits per heavy atom. The first kappa shape index (κ1) is 17.9. The van der Waals surface area contributed by atoms with Gasteiger partial charge in [0, 0.05) is 11.7 Å². The summed E-state index contributed by atoms with van der Waals surface area (Å²) in [7, 11) is -3.25. The van der Waals surface area contributed by atoms with Gasteiger partial charge in [-0.25, -0.2) is 12.8 Å². The van der Waals surface area contributed by atoms with Gasteiger partial charge >= 0.3 is 0 Å². The van der Waals surface area contributed by atoms with E-state index >= 15 is 0 Å². The van der Waals surface area contributed by atoms with Crippen LogP contribution >= 0.6 is 0 Å². The van der Waals surface area contributed by atoms with E-state index in [4.69, 9.17) is 0 Å². The summed E-state index contributed by atoms with van der Waals surface area (Å²) in [6.45, 7) is 0. The monoisotopic (exact) mass is 377 g/mol. The minimum Gasteiger partial charge on any atom is -0.348 e. The molecule has 0 saturated carbocycles. The van der Waals surface area contributed by atoms with Crippen molar-refractivity contribution in [3.63, 3.8) is 0 Å². The molecule has 136 valence electrons. The molecule has 0 aliphatic carbocycles. The van der Waals surface area contributed by atoms with Gasteiger partial charge in [0.1, 0.15) is 17.2 Å². The Kier molecular flexibility index (Phi) is 4.90. The van der Waals surface area contributed by atoms with E-state index in [1.807, 2.05) is 6.07 Å². The number of rotatable bonds is 4. The number of halogens is 1. The Bertz CT molecular complexity index is 949. The Balaban J connectivity index is 1.72. The lowest BCUT2D eigenvalue weighted by molar-refractivity contribution is 0.0928. The number of nitrogens with zero attached hydrogens (tertiary/aromatic N) is 2. The Labute approximate surface area is 149 Å². The van der Waals surface area contributed by atoms with Gasteiger partial charge in [-0.3, -0.25) is 9.89 Å². The molecule has 1 aromatic carbocycles. The molecule has 3 N–H and O–H groups in total. The SMILES string of the molecule is N#CC1CS(=O)(=O)CCC1NC(=O)c1cn[nH]c1Nc1ccc(F)cc1. The topological polar surface area (TPSA) is 128 Å². The number of carbonyl (C=O) groups excluding carboxylic acids is 1. The normalized spacial score (nSPS) is 21.5. The van der Waals surface area contributed by atoms with Gasteiger partial charge in [0.05, 0.1) is 29.7 Å². The zero-order valence-corrected chi connectivity index (χ0v) is 14.4. The van der Waals surface area contributed by atoms with Gasteiger partial charge in [0.15, 0.2) is 9.84 Å². The minimum atomic E-state index is -3.25. The molecule has 2 atom stereocenters. The van der Waals surface area contributed by atoms with Crippen LogP contribution in [-0.4, -0.2) is 42.1 Å². The van der Waals surface area contributed by atoms with Crippen molar-refractivity contribution >= 4 is 27.2 Å². The number of anilines is 2. The van der Waals surface area contributed by atoms with Crippen LogP contribution in [0.3, 0.4) is 0 Å². The molecule has 0 spiro atoms. The Morgan fingerprint density at radius 3 is 2.77 bits per heavy atom. The Morgan fingerprint density at radius 1 is 1.35 bits per heavy atom. The fourth-order valence-corrected chi connectivity index (χ4v) is 4.39. The summed E-state index contributed by atoms with van der Waals surface area (Å²) in [6.07, 6.45) is 1.51. The highest BCUT2D eigenvalue weighted by Gasteiger charge is 2.34. The second-order valence-electron chi connectivity index (χ2n) is 6.01. The highest BCUT2D eigenvalue weighted by atomic mass is 32.2. The quantitative estimate of drug-likeness (QED) is 0.738. The zero-order valence-electron chi connectivity index (χ0n) is 13.6. The van der Waals surface area contributed by atoms with E-state index in [1.165, 1.54) is 30.5 Å². The summed E-state index contributed by atoms with van der Waals surface area (Å²) >= 11 is 0. The van der Waals surface area contributed by atoms with Crippen LogP contribution in [-0.2, 0) is 9.84 Å². The maximum Gasteiger partial charge on any atom is 0.256 e. The fourth-order valence-electron chi connectivity index (χ4n) is 2.76. The molecule has 1 amide bonds. The van der Waals surface area contributed by atoms with Crippen molar-refractivity contribution in [1.82, 2.24) is 15.5 Å². The van der Waals surface area contributed by atoms with Crippen molar-refractivity contribution < 1.29 is 17.6 Å². The van der Waals surface area contributed by atoms with Gasteiger partial charge in [-0.1, -0.05) is 0 Å². The van der Waals surface area contributed by atoms with Gasteiger partial charge < -0.3 is 10.6 Å². The summed E-state index contributed by atoms with van der Waals surface area (Å²) < 4.78 is 36.3. The highest BCUT2D eigenvalue weighted by molar-refractivity contribution is 7.91. The molecule has 1 aliphatic heterocycles. The third kappa shape index (κ3) is 4.00. The first-order chi connectivity index (χ1) is 12.4. The molecular formula is C16H16FN5O3S. The molecule has 1 fully saturated rings. The number of carbonyl (C=O) groups is 1. The highest BCUT2D eigenvalue weighted by Crippen LogP contribution is 2.22. The molecule has 10 heteroatoms. The third-order valence-electron chi connectivity index (χ3n) is 4.14. The first-order valence-corrected chi connectivity index (χ1v) is 9.67. The molecule has 1 saturated heterocycles. The first-order valence-electron chi connectivity index (χ1n) is 7.85. The van der Waals surface area contributed by atoms with Crippen molar-refractivity contribution in [1.29, 1.82) is 5.26 Å². The van der Waals surface area contributed by atoms with E-state index in [-0.39, 0.29) is 29.3 Å². The van der Waals surface area contributed by atoms with E-state index in [9.17, 15) is 22.9 Å². The van der Waals surface area contributed by atoms with E-state index in [0.717, 1.165) is 0 Å². The molecule has 26 heavy (non-hydrogen) atoms. The summed E-state index contributed by atoms with van der Waals surface area (Å²) in [5, 5.41) is 21.3. The van der Waals surface area contributed by atoms with Crippen LogP contribution in [0.1, 0.15) is 16.8 Å². The maximum absolute atomic E-state index is 13.0. The minimum absolute atomic E-state index is 0.0673. The standard InChI is InChI=1S/C16H16FN5O3S/c17-11-1-3-12(4-2-11)20-15-13(8-19-22-15)16(23)21-14-5-6-26(24,25)9-10(14)7-18/h1-4,8,10,14H,5-6,9H2,(H,21,23)(H2,19,20,22).